The largest absolute Gasteiger partial charge is 0.368 e. The first kappa shape index (κ1) is 24.1. The van der Waals surface area contributed by atoms with E-state index in [1.807, 2.05) is 41.6 Å². The van der Waals surface area contributed by atoms with Crippen LogP contribution in [-0.4, -0.2) is 63.4 Å². The van der Waals surface area contributed by atoms with Gasteiger partial charge in [0.2, 0.25) is 5.91 Å². The molecule has 2 amide bonds. The molecule has 1 aliphatic heterocycles. The molecule has 0 radical (unpaired) electrons. The van der Waals surface area contributed by atoms with E-state index in [0.29, 0.717) is 40.4 Å². The maximum absolute atomic E-state index is 12.8. The van der Waals surface area contributed by atoms with Gasteiger partial charge in [-0.15, -0.1) is 10.2 Å². The molecule has 178 valence electrons. The van der Waals surface area contributed by atoms with E-state index < -0.39 is 0 Å². The Morgan fingerprint density at radius 3 is 2.50 bits per heavy atom. The molecule has 0 bridgehead atoms. The maximum atomic E-state index is 12.8. The lowest BCUT2D eigenvalue weighted by atomic mass is 10.2. The number of piperazine rings is 1. The van der Waals surface area contributed by atoms with Crippen molar-refractivity contribution < 1.29 is 9.59 Å². The summed E-state index contributed by atoms with van der Waals surface area (Å²) in [7, 11) is 1.84. The molecule has 8 nitrogen and oxygen atoms in total. The standard InChI is InChI=1S/C24H27ClN6O2S/c1-17(26-23(33)18-7-6-8-19(25)15-18)22-27-28-24(29(22)2)34-16-21(32)31-13-11-30(12-14-31)20-9-4-3-5-10-20/h3-10,15,17H,11-14,16H2,1-2H3,(H,26,33)/t17-/m0/s1. The van der Waals surface area contributed by atoms with Crippen LogP contribution in [0.1, 0.15) is 29.1 Å². The van der Waals surface area contributed by atoms with Gasteiger partial charge in [0, 0.05) is 49.5 Å². The van der Waals surface area contributed by atoms with Gasteiger partial charge in [-0.1, -0.05) is 47.6 Å². The minimum absolute atomic E-state index is 0.0876. The number of benzene rings is 2. The summed E-state index contributed by atoms with van der Waals surface area (Å²) in [6.07, 6.45) is 0. The van der Waals surface area contributed by atoms with Crippen LogP contribution in [0, 0.1) is 0 Å². The molecule has 0 saturated carbocycles. The number of carbonyl (C=O) groups excluding carboxylic acids is 2. The summed E-state index contributed by atoms with van der Waals surface area (Å²) in [6, 6.07) is 16.7. The smallest absolute Gasteiger partial charge is 0.251 e. The van der Waals surface area contributed by atoms with E-state index in [1.54, 1.807) is 24.3 Å². The fourth-order valence-electron chi connectivity index (χ4n) is 3.87. The van der Waals surface area contributed by atoms with Crippen LogP contribution in [0.15, 0.2) is 59.8 Å². The predicted molar refractivity (Wildman–Crippen MR) is 134 cm³/mol. The summed E-state index contributed by atoms with van der Waals surface area (Å²) in [5.41, 5.74) is 1.67. The molecule has 10 heteroatoms. The van der Waals surface area contributed by atoms with E-state index >= 15 is 0 Å². The maximum Gasteiger partial charge on any atom is 0.251 e. The molecular weight excluding hydrogens is 472 g/mol. The molecule has 1 aliphatic rings. The molecule has 3 aromatic rings. The number of anilines is 1. The third-order valence-corrected chi connectivity index (χ3v) is 7.01. The number of para-hydroxylation sites is 1. The van der Waals surface area contributed by atoms with Crippen LogP contribution in [0.25, 0.3) is 0 Å². The predicted octanol–water partition coefficient (Wildman–Crippen LogP) is 3.40. The lowest BCUT2D eigenvalue weighted by Gasteiger charge is -2.36. The monoisotopic (exact) mass is 498 g/mol. The highest BCUT2D eigenvalue weighted by atomic mass is 35.5. The van der Waals surface area contributed by atoms with E-state index in [-0.39, 0.29) is 17.9 Å². The molecule has 1 atom stereocenters. The van der Waals surface area contributed by atoms with Gasteiger partial charge < -0.3 is 19.7 Å². The highest BCUT2D eigenvalue weighted by Crippen LogP contribution is 2.21. The Labute approximate surface area is 208 Å². The van der Waals surface area contributed by atoms with Gasteiger partial charge in [-0.3, -0.25) is 9.59 Å². The summed E-state index contributed by atoms with van der Waals surface area (Å²) in [5, 5.41) is 12.5. The number of hydrogen-bond donors (Lipinski definition) is 1. The van der Waals surface area contributed by atoms with Crippen molar-refractivity contribution in [2.24, 2.45) is 7.05 Å². The lowest BCUT2D eigenvalue weighted by molar-refractivity contribution is -0.128. The van der Waals surface area contributed by atoms with Gasteiger partial charge in [-0.05, 0) is 37.3 Å². The van der Waals surface area contributed by atoms with Crippen LogP contribution in [0.5, 0.6) is 0 Å². The summed E-state index contributed by atoms with van der Waals surface area (Å²) >= 11 is 7.34. The highest BCUT2D eigenvalue weighted by Gasteiger charge is 2.23. The molecule has 1 aromatic heterocycles. The molecule has 0 aliphatic carbocycles. The van der Waals surface area contributed by atoms with Gasteiger partial charge in [-0.2, -0.15) is 0 Å². The van der Waals surface area contributed by atoms with Crippen molar-refractivity contribution >= 4 is 40.9 Å². The molecular formula is C24H27ClN6O2S. The van der Waals surface area contributed by atoms with Crippen LogP contribution in [0.3, 0.4) is 0 Å². The van der Waals surface area contributed by atoms with E-state index in [9.17, 15) is 9.59 Å². The SMILES string of the molecule is C[C@H](NC(=O)c1cccc(Cl)c1)c1nnc(SCC(=O)N2CCN(c3ccccc3)CC2)n1C. The van der Waals surface area contributed by atoms with Crippen LogP contribution in [0.2, 0.25) is 5.02 Å². The second-order valence-corrected chi connectivity index (χ2v) is 9.48. The Morgan fingerprint density at radius 2 is 1.79 bits per heavy atom. The summed E-state index contributed by atoms with van der Waals surface area (Å²) < 4.78 is 1.81. The first-order chi connectivity index (χ1) is 16.4. The van der Waals surface area contributed by atoms with Crippen LogP contribution >= 0.6 is 23.4 Å². The third-order valence-electron chi connectivity index (χ3n) is 5.77. The number of carbonyl (C=O) groups is 2. The van der Waals surface area contributed by atoms with Crippen LogP contribution < -0.4 is 10.2 Å². The van der Waals surface area contributed by atoms with E-state index in [4.69, 9.17) is 11.6 Å². The number of nitrogens with zero attached hydrogens (tertiary/aromatic N) is 5. The Balaban J connectivity index is 1.28. The summed E-state index contributed by atoms with van der Waals surface area (Å²) in [5.74, 6) is 0.754. The number of amides is 2. The molecule has 34 heavy (non-hydrogen) atoms. The highest BCUT2D eigenvalue weighted by molar-refractivity contribution is 7.99. The van der Waals surface area contributed by atoms with Crippen LogP contribution in [0.4, 0.5) is 5.69 Å². The first-order valence-corrected chi connectivity index (χ1v) is 12.4. The fraction of sp³-hybridized carbons (Fsp3) is 0.333. The summed E-state index contributed by atoms with van der Waals surface area (Å²) in [4.78, 5) is 29.5. The van der Waals surface area contributed by atoms with E-state index in [1.165, 1.54) is 17.4 Å². The second kappa shape index (κ2) is 10.9. The number of halogens is 1. The molecule has 1 saturated heterocycles. The normalized spacial score (nSPS) is 14.7. The molecule has 0 unspecified atom stereocenters. The fourth-order valence-corrected chi connectivity index (χ4v) is 4.88. The quantitative estimate of drug-likeness (QED) is 0.503. The van der Waals surface area contributed by atoms with Crippen molar-refractivity contribution in [3.05, 3.63) is 71.0 Å². The molecule has 2 heterocycles. The molecule has 1 fully saturated rings. The Kier molecular flexibility index (Phi) is 7.74. The Bertz CT molecular complexity index is 1150. The molecule has 2 aromatic carbocycles. The van der Waals surface area contributed by atoms with Gasteiger partial charge in [0.05, 0.1) is 11.8 Å². The first-order valence-electron chi connectivity index (χ1n) is 11.1. The Morgan fingerprint density at radius 1 is 1.06 bits per heavy atom. The van der Waals surface area contributed by atoms with Gasteiger partial charge in [0.1, 0.15) is 0 Å². The number of aromatic nitrogens is 3. The molecule has 0 spiro atoms. The van der Waals surface area contributed by atoms with Gasteiger partial charge >= 0.3 is 0 Å². The van der Waals surface area contributed by atoms with E-state index in [0.717, 1.165) is 13.1 Å². The summed E-state index contributed by atoms with van der Waals surface area (Å²) in [6.45, 7) is 4.88. The minimum atomic E-state index is -0.361. The van der Waals surface area contributed by atoms with Crippen molar-refractivity contribution in [1.82, 2.24) is 25.0 Å². The third kappa shape index (κ3) is 5.71. The number of rotatable bonds is 7. The van der Waals surface area contributed by atoms with Gasteiger partial charge in [0.25, 0.3) is 5.91 Å². The zero-order valence-electron chi connectivity index (χ0n) is 19.1. The zero-order valence-corrected chi connectivity index (χ0v) is 20.7. The zero-order chi connectivity index (χ0) is 24.1. The topological polar surface area (TPSA) is 83.4 Å². The molecule has 4 rings (SSSR count). The van der Waals surface area contributed by atoms with Crippen molar-refractivity contribution in [2.75, 3.05) is 36.8 Å². The van der Waals surface area contributed by atoms with Gasteiger partial charge in [0.15, 0.2) is 11.0 Å². The van der Waals surface area contributed by atoms with Gasteiger partial charge in [-0.25, -0.2) is 0 Å². The van der Waals surface area contributed by atoms with E-state index in [2.05, 4.69) is 32.5 Å². The van der Waals surface area contributed by atoms with Crippen molar-refractivity contribution in [3.8, 4) is 0 Å². The average Bonchev–Trinajstić information content (AvgIpc) is 3.23. The average molecular weight is 499 g/mol. The molecule has 1 N–H and O–H groups in total. The number of nitrogens with one attached hydrogen (secondary N) is 1. The minimum Gasteiger partial charge on any atom is -0.368 e. The number of hydrogen-bond acceptors (Lipinski definition) is 6. The Hall–Kier alpha value is -3.04. The van der Waals surface area contributed by atoms with Crippen molar-refractivity contribution in [2.45, 2.75) is 18.1 Å². The van der Waals surface area contributed by atoms with Crippen LogP contribution in [-0.2, 0) is 11.8 Å². The van der Waals surface area contributed by atoms with Crippen molar-refractivity contribution in [1.29, 1.82) is 0 Å². The lowest BCUT2D eigenvalue weighted by Crippen LogP contribution is -2.49. The second-order valence-electron chi connectivity index (χ2n) is 8.10. The number of thioether (sulfide) groups is 1. The van der Waals surface area contributed by atoms with Crippen molar-refractivity contribution in [3.63, 3.8) is 0 Å².